The van der Waals surface area contributed by atoms with Crippen LogP contribution in [0.25, 0.3) is 0 Å². The molecule has 4 rings (SSSR count). The molecule has 4 aliphatic carbocycles. The zero-order valence-electron chi connectivity index (χ0n) is 22.5. The molecule has 0 amide bonds. The molecule has 192 valence electrons. The molecule has 0 radical (unpaired) electrons. The van der Waals surface area contributed by atoms with Crippen LogP contribution >= 0.6 is 0 Å². The Hall–Kier alpha value is -1.13. The number of ether oxygens (including phenoxy) is 1. The molecule has 0 aromatic heterocycles. The minimum absolute atomic E-state index is 0.0161. The molecule has 4 unspecified atom stereocenters. The number of carbonyl (C=O) groups is 1. The molecule has 10 atom stereocenters. The molecule has 4 nitrogen and oxygen atoms in total. The van der Waals surface area contributed by atoms with E-state index in [-0.39, 0.29) is 28.8 Å². The van der Waals surface area contributed by atoms with Gasteiger partial charge < -0.3 is 14.9 Å². The standard InChI is InChI=1S/C30H48O4/c1-17(2)18(3)8-9-19(4)23-10-11-24-27-25(32)15-21-14-22(34-20(5)31)12-13-29(21,6)28(27)26(33)16-30(23,24)7/h8-9,17-19,21-26,32-33H,10-16H2,1-7H3/t18-,19+,21?,22?,23+,24-,25?,26?,29-,30+/m0/s1. The highest BCUT2D eigenvalue weighted by Crippen LogP contribution is 2.66. The summed E-state index contributed by atoms with van der Waals surface area (Å²) in [5.74, 6) is 2.58. The van der Waals surface area contributed by atoms with Crippen molar-refractivity contribution in [3.05, 3.63) is 23.3 Å². The first kappa shape index (κ1) is 25.9. The van der Waals surface area contributed by atoms with Crippen molar-refractivity contribution in [2.75, 3.05) is 0 Å². The quantitative estimate of drug-likeness (QED) is 0.377. The Kier molecular flexibility index (Phi) is 7.17. The van der Waals surface area contributed by atoms with Crippen LogP contribution < -0.4 is 0 Å². The average molecular weight is 473 g/mol. The summed E-state index contributed by atoms with van der Waals surface area (Å²) in [7, 11) is 0. The van der Waals surface area contributed by atoms with Crippen molar-refractivity contribution in [3.8, 4) is 0 Å². The lowest BCUT2D eigenvalue weighted by Crippen LogP contribution is -2.53. The van der Waals surface area contributed by atoms with Gasteiger partial charge in [0.25, 0.3) is 0 Å². The second kappa shape index (κ2) is 9.39. The largest absolute Gasteiger partial charge is 0.463 e. The molecule has 0 aliphatic heterocycles. The fraction of sp³-hybridized carbons (Fsp3) is 0.833. The van der Waals surface area contributed by atoms with E-state index in [4.69, 9.17) is 4.74 Å². The summed E-state index contributed by atoms with van der Waals surface area (Å²) >= 11 is 0. The molecule has 0 spiro atoms. The fourth-order valence-electron chi connectivity index (χ4n) is 8.47. The van der Waals surface area contributed by atoms with E-state index >= 15 is 0 Å². The molecular formula is C30H48O4. The van der Waals surface area contributed by atoms with E-state index in [0.717, 1.165) is 50.5 Å². The number of carbonyl (C=O) groups excluding carboxylic acids is 1. The van der Waals surface area contributed by atoms with E-state index in [1.54, 1.807) is 0 Å². The Bertz CT molecular complexity index is 843. The number of hydrogen-bond donors (Lipinski definition) is 2. The summed E-state index contributed by atoms with van der Waals surface area (Å²) in [5, 5.41) is 23.1. The maximum absolute atomic E-state index is 11.7. The molecule has 0 bridgehead atoms. The van der Waals surface area contributed by atoms with Gasteiger partial charge in [-0.05, 0) is 102 Å². The molecule has 2 saturated carbocycles. The minimum atomic E-state index is -0.492. The summed E-state index contributed by atoms with van der Waals surface area (Å²) in [6, 6.07) is 0. The van der Waals surface area contributed by atoms with Gasteiger partial charge in [0.2, 0.25) is 0 Å². The molecule has 4 aliphatic rings. The topological polar surface area (TPSA) is 66.8 Å². The number of rotatable bonds is 5. The third-order valence-electron chi connectivity index (χ3n) is 10.7. The van der Waals surface area contributed by atoms with E-state index in [9.17, 15) is 15.0 Å². The Morgan fingerprint density at radius 2 is 1.74 bits per heavy atom. The van der Waals surface area contributed by atoms with Gasteiger partial charge in [-0.2, -0.15) is 0 Å². The zero-order valence-corrected chi connectivity index (χ0v) is 22.5. The Balaban J connectivity index is 1.62. The van der Waals surface area contributed by atoms with Crippen LogP contribution in [0, 0.1) is 46.3 Å². The van der Waals surface area contributed by atoms with Crippen LogP contribution in [0.1, 0.15) is 93.4 Å². The lowest BCUT2D eigenvalue weighted by Gasteiger charge is -2.57. The zero-order chi connectivity index (χ0) is 25.0. The van der Waals surface area contributed by atoms with Gasteiger partial charge in [0.05, 0.1) is 12.2 Å². The van der Waals surface area contributed by atoms with Crippen molar-refractivity contribution < 1.29 is 19.7 Å². The minimum Gasteiger partial charge on any atom is -0.463 e. The molecule has 0 saturated heterocycles. The molecule has 34 heavy (non-hydrogen) atoms. The molecule has 0 heterocycles. The Morgan fingerprint density at radius 3 is 2.38 bits per heavy atom. The van der Waals surface area contributed by atoms with Crippen molar-refractivity contribution in [2.45, 2.75) is 112 Å². The fourth-order valence-corrected chi connectivity index (χ4v) is 8.47. The van der Waals surface area contributed by atoms with E-state index in [1.165, 1.54) is 12.5 Å². The van der Waals surface area contributed by atoms with Gasteiger partial charge >= 0.3 is 5.97 Å². The van der Waals surface area contributed by atoms with Gasteiger partial charge in [0, 0.05) is 6.92 Å². The van der Waals surface area contributed by atoms with Crippen molar-refractivity contribution >= 4 is 5.97 Å². The SMILES string of the molecule is CC(=O)OC1CC[C@]2(C)C3=C(C(O)CC2C1)[C@@H]1CC[C@H]([C@H](C)C=C[C@H](C)C(C)C)[C@@]1(C)CC3O. The van der Waals surface area contributed by atoms with Gasteiger partial charge in [-0.1, -0.05) is 53.7 Å². The van der Waals surface area contributed by atoms with Crippen LogP contribution in [0.3, 0.4) is 0 Å². The van der Waals surface area contributed by atoms with E-state index < -0.39 is 12.2 Å². The highest BCUT2D eigenvalue weighted by molar-refractivity contribution is 5.66. The van der Waals surface area contributed by atoms with Crippen molar-refractivity contribution in [1.29, 1.82) is 0 Å². The number of esters is 1. The van der Waals surface area contributed by atoms with Crippen LogP contribution in [0.15, 0.2) is 23.3 Å². The maximum atomic E-state index is 11.7. The van der Waals surface area contributed by atoms with E-state index in [2.05, 4.69) is 53.7 Å². The van der Waals surface area contributed by atoms with Crippen LogP contribution in [0.5, 0.6) is 0 Å². The lowest BCUT2D eigenvalue weighted by molar-refractivity contribution is -0.151. The van der Waals surface area contributed by atoms with E-state index in [0.29, 0.717) is 29.6 Å². The average Bonchev–Trinajstić information content (AvgIpc) is 3.08. The first-order valence-corrected chi connectivity index (χ1v) is 13.8. The maximum Gasteiger partial charge on any atom is 0.302 e. The van der Waals surface area contributed by atoms with Crippen LogP contribution in [0.2, 0.25) is 0 Å². The molecule has 0 aromatic rings. The van der Waals surface area contributed by atoms with Gasteiger partial charge in [0.15, 0.2) is 0 Å². The van der Waals surface area contributed by atoms with Crippen molar-refractivity contribution in [1.82, 2.24) is 0 Å². The van der Waals surface area contributed by atoms with Crippen LogP contribution in [0.4, 0.5) is 0 Å². The van der Waals surface area contributed by atoms with Crippen LogP contribution in [-0.4, -0.2) is 34.5 Å². The second-order valence-electron chi connectivity index (χ2n) is 13.1. The van der Waals surface area contributed by atoms with Gasteiger partial charge in [-0.15, -0.1) is 0 Å². The molecule has 2 fully saturated rings. The highest BCUT2D eigenvalue weighted by Gasteiger charge is 2.60. The van der Waals surface area contributed by atoms with Crippen LogP contribution in [-0.2, 0) is 9.53 Å². The predicted octanol–water partition coefficient (Wildman–Crippen LogP) is 6.07. The Labute approximate surface area is 207 Å². The number of aliphatic hydroxyl groups excluding tert-OH is 2. The monoisotopic (exact) mass is 472 g/mol. The summed E-state index contributed by atoms with van der Waals surface area (Å²) in [6.45, 7) is 15.4. The van der Waals surface area contributed by atoms with Crippen molar-refractivity contribution in [3.63, 3.8) is 0 Å². The second-order valence-corrected chi connectivity index (χ2v) is 13.1. The smallest absolute Gasteiger partial charge is 0.302 e. The predicted molar refractivity (Wildman–Crippen MR) is 136 cm³/mol. The summed E-state index contributed by atoms with van der Waals surface area (Å²) in [4.78, 5) is 11.5. The third-order valence-corrected chi connectivity index (χ3v) is 10.7. The molecule has 2 N–H and O–H groups in total. The van der Waals surface area contributed by atoms with Gasteiger partial charge in [0.1, 0.15) is 6.10 Å². The number of allylic oxidation sites excluding steroid dienone is 2. The van der Waals surface area contributed by atoms with Crippen molar-refractivity contribution in [2.24, 2.45) is 46.3 Å². The number of hydrogen-bond acceptors (Lipinski definition) is 4. The normalized spacial score (nSPS) is 43.9. The van der Waals surface area contributed by atoms with Gasteiger partial charge in [-0.3, -0.25) is 4.79 Å². The number of aliphatic hydroxyl groups is 2. The molecule has 0 aromatic carbocycles. The molecular weight excluding hydrogens is 424 g/mol. The Morgan fingerprint density at radius 1 is 1.03 bits per heavy atom. The van der Waals surface area contributed by atoms with E-state index in [1.807, 2.05) is 0 Å². The third kappa shape index (κ3) is 4.32. The summed E-state index contributed by atoms with van der Waals surface area (Å²) < 4.78 is 5.56. The first-order chi connectivity index (χ1) is 15.9. The summed E-state index contributed by atoms with van der Waals surface area (Å²) in [5.41, 5.74) is 2.24. The molecule has 4 heteroatoms. The summed E-state index contributed by atoms with van der Waals surface area (Å²) in [6.07, 6.45) is 10.1. The number of fused-ring (bicyclic) bond motifs is 4. The lowest BCUT2D eigenvalue weighted by atomic mass is 9.49. The van der Waals surface area contributed by atoms with Gasteiger partial charge in [-0.25, -0.2) is 0 Å². The first-order valence-electron chi connectivity index (χ1n) is 13.8. The highest BCUT2D eigenvalue weighted by atomic mass is 16.5.